The van der Waals surface area contributed by atoms with E-state index in [2.05, 4.69) is 25.7 Å². The Balaban J connectivity index is 1.43. The van der Waals surface area contributed by atoms with Crippen LogP contribution in [0.2, 0.25) is 0 Å². The summed E-state index contributed by atoms with van der Waals surface area (Å²) in [6.07, 6.45) is 15.4. The number of fused-ring (bicyclic) bond motifs is 1. The number of anilines is 1. The maximum atomic E-state index is 6.14. The van der Waals surface area contributed by atoms with Gasteiger partial charge in [0.25, 0.3) is 0 Å². The van der Waals surface area contributed by atoms with Crippen molar-refractivity contribution in [2.24, 2.45) is 0 Å². The molecule has 2 aliphatic rings. The lowest BCUT2D eigenvalue weighted by molar-refractivity contribution is -0.169. The molecule has 0 spiro atoms. The SMILES string of the molecule is Nc1cncc(Cc2cn(C3(COC4CCCCO4)CC3)c3ncncc23)c1. The minimum absolute atomic E-state index is 0.0281. The van der Waals surface area contributed by atoms with Gasteiger partial charge in [-0.05, 0) is 49.3 Å². The van der Waals surface area contributed by atoms with Gasteiger partial charge >= 0.3 is 0 Å². The lowest BCUT2D eigenvalue weighted by Gasteiger charge is -2.26. The van der Waals surface area contributed by atoms with Gasteiger partial charge in [0.15, 0.2) is 6.29 Å². The van der Waals surface area contributed by atoms with Gasteiger partial charge in [-0.25, -0.2) is 9.97 Å². The largest absolute Gasteiger partial charge is 0.397 e. The van der Waals surface area contributed by atoms with E-state index in [-0.39, 0.29) is 11.8 Å². The molecule has 1 unspecified atom stereocenters. The monoisotopic (exact) mass is 379 g/mol. The summed E-state index contributed by atoms with van der Waals surface area (Å²) >= 11 is 0. The van der Waals surface area contributed by atoms with Crippen molar-refractivity contribution in [2.45, 2.75) is 50.4 Å². The summed E-state index contributed by atoms with van der Waals surface area (Å²) in [5, 5.41) is 1.07. The summed E-state index contributed by atoms with van der Waals surface area (Å²) in [5.41, 5.74) is 9.78. The van der Waals surface area contributed by atoms with E-state index in [9.17, 15) is 0 Å². The molecule has 1 atom stereocenters. The minimum Gasteiger partial charge on any atom is -0.397 e. The van der Waals surface area contributed by atoms with E-state index in [1.807, 2.05) is 18.5 Å². The Morgan fingerprint density at radius 1 is 1.21 bits per heavy atom. The molecule has 7 nitrogen and oxygen atoms in total. The Hall–Kier alpha value is -2.51. The van der Waals surface area contributed by atoms with Crippen LogP contribution in [-0.4, -0.2) is 39.0 Å². The van der Waals surface area contributed by atoms with E-state index >= 15 is 0 Å². The highest BCUT2D eigenvalue weighted by Gasteiger charge is 2.46. The molecule has 1 aliphatic carbocycles. The topological polar surface area (TPSA) is 88.1 Å². The van der Waals surface area contributed by atoms with Gasteiger partial charge in [-0.3, -0.25) is 4.98 Å². The molecule has 146 valence electrons. The van der Waals surface area contributed by atoms with Gasteiger partial charge in [0.1, 0.15) is 12.0 Å². The van der Waals surface area contributed by atoms with Gasteiger partial charge in [0.2, 0.25) is 0 Å². The first kappa shape index (κ1) is 17.6. The highest BCUT2D eigenvalue weighted by atomic mass is 16.7. The average molecular weight is 379 g/mol. The average Bonchev–Trinajstić information content (AvgIpc) is 3.43. The number of aromatic nitrogens is 4. The van der Waals surface area contributed by atoms with Crippen molar-refractivity contribution in [1.29, 1.82) is 0 Å². The molecule has 1 aliphatic heterocycles. The molecule has 5 rings (SSSR count). The summed E-state index contributed by atoms with van der Waals surface area (Å²) < 4.78 is 14.2. The van der Waals surface area contributed by atoms with Crippen molar-refractivity contribution in [2.75, 3.05) is 18.9 Å². The molecule has 1 saturated carbocycles. The zero-order valence-electron chi connectivity index (χ0n) is 15.9. The highest BCUT2D eigenvalue weighted by Crippen LogP contribution is 2.46. The summed E-state index contributed by atoms with van der Waals surface area (Å²) in [4.78, 5) is 13.1. The van der Waals surface area contributed by atoms with Crippen molar-refractivity contribution in [3.05, 3.63) is 48.3 Å². The first-order chi connectivity index (χ1) is 13.7. The maximum Gasteiger partial charge on any atom is 0.157 e. The zero-order chi connectivity index (χ0) is 19.0. The first-order valence-corrected chi connectivity index (χ1v) is 9.97. The second kappa shape index (κ2) is 7.14. The Morgan fingerprint density at radius 2 is 2.14 bits per heavy atom. The highest BCUT2D eigenvalue weighted by molar-refractivity contribution is 5.80. The smallest absolute Gasteiger partial charge is 0.157 e. The van der Waals surface area contributed by atoms with Crippen molar-refractivity contribution in [3.63, 3.8) is 0 Å². The fraction of sp³-hybridized carbons (Fsp3) is 0.476. The van der Waals surface area contributed by atoms with Crippen LogP contribution >= 0.6 is 0 Å². The number of pyridine rings is 1. The van der Waals surface area contributed by atoms with Gasteiger partial charge in [0.05, 0.1) is 17.8 Å². The Bertz CT molecular complexity index is 976. The lowest BCUT2D eigenvalue weighted by atomic mass is 10.1. The third kappa shape index (κ3) is 3.36. The van der Waals surface area contributed by atoms with E-state index < -0.39 is 0 Å². The van der Waals surface area contributed by atoms with Crippen LogP contribution in [-0.2, 0) is 21.4 Å². The molecule has 2 fully saturated rings. The summed E-state index contributed by atoms with van der Waals surface area (Å²) in [5.74, 6) is 0. The van der Waals surface area contributed by atoms with Crippen LogP contribution in [0.5, 0.6) is 0 Å². The van der Waals surface area contributed by atoms with E-state index in [0.717, 1.165) is 55.3 Å². The number of hydrogen-bond donors (Lipinski definition) is 1. The minimum atomic E-state index is -0.0690. The third-order valence-electron chi connectivity index (χ3n) is 5.77. The number of nitrogen functional groups attached to an aromatic ring is 1. The molecular formula is C21H25N5O2. The molecule has 28 heavy (non-hydrogen) atoms. The fourth-order valence-corrected chi connectivity index (χ4v) is 4.04. The van der Waals surface area contributed by atoms with Gasteiger partial charge < -0.3 is 19.8 Å². The van der Waals surface area contributed by atoms with Crippen LogP contribution in [0.25, 0.3) is 11.0 Å². The fourth-order valence-electron chi connectivity index (χ4n) is 4.04. The second-order valence-electron chi connectivity index (χ2n) is 7.92. The molecule has 3 aromatic rings. The van der Waals surface area contributed by atoms with E-state index in [0.29, 0.717) is 12.3 Å². The third-order valence-corrected chi connectivity index (χ3v) is 5.77. The first-order valence-electron chi connectivity index (χ1n) is 9.97. The molecular weight excluding hydrogens is 354 g/mol. The van der Waals surface area contributed by atoms with Gasteiger partial charge in [-0.2, -0.15) is 0 Å². The molecule has 1 saturated heterocycles. The van der Waals surface area contributed by atoms with Gasteiger partial charge in [-0.1, -0.05) is 0 Å². The number of hydrogen-bond acceptors (Lipinski definition) is 6. The molecule has 2 N–H and O–H groups in total. The number of nitrogens with zero attached hydrogens (tertiary/aromatic N) is 4. The number of ether oxygens (including phenoxy) is 2. The summed E-state index contributed by atoms with van der Waals surface area (Å²) in [6.45, 7) is 1.46. The van der Waals surface area contributed by atoms with E-state index in [1.54, 1.807) is 12.5 Å². The summed E-state index contributed by atoms with van der Waals surface area (Å²) in [7, 11) is 0. The lowest BCUT2D eigenvalue weighted by Crippen LogP contribution is -2.30. The van der Waals surface area contributed by atoms with Crippen LogP contribution < -0.4 is 5.73 Å². The van der Waals surface area contributed by atoms with Crippen molar-refractivity contribution < 1.29 is 9.47 Å². The molecule has 0 radical (unpaired) electrons. The Kier molecular flexibility index (Phi) is 4.49. The molecule has 4 heterocycles. The van der Waals surface area contributed by atoms with Crippen LogP contribution in [0, 0.1) is 0 Å². The van der Waals surface area contributed by atoms with Crippen LogP contribution in [0.1, 0.15) is 43.2 Å². The molecule has 0 amide bonds. The second-order valence-corrected chi connectivity index (χ2v) is 7.92. The van der Waals surface area contributed by atoms with Crippen LogP contribution in [0.15, 0.2) is 37.2 Å². The number of rotatable bonds is 6. The predicted molar refractivity (Wildman–Crippen MR) is 106 cm³/mol. The van der Waals surface area contributed by atoms with E-state index in [1.165, 1.54) is 12.0 Å². The Morgan fingerprint density at radius 3 is 2.93 bits per heavy atom. The predicted octanol–water partition coefficient (Wildman–Crippen LogP) is 3.03. The molecule has 3 aromatic heterocycles. The molecule has 0 aromatic carbocycles. The van der Waals surface area contributed by atoms with E-state index in [4.69, 9.17) is 15.2 Å². The normalized spacial score (nSPS) is 21.1. The molecule has 0 bridgehead atoms. The number of nitrogens with two attached hydrogens (primary N) is 1. The van der Waals surface area contributed by atoms with Crippen molar-refractivity contribution in [1.82, 2.24) is 19.5 Å². The van der Waals surface area contributed by atoms with Gasteiger partial charge in [-0.15, -0.1) is 0 Å². The van der Waals surface area contributed by atoms with Crippen molar-refractivity contribution in [3.8, 4) is 0 Å². The van der Waals surface area contributed by atoms with Crippen molar-refractivity contribution >= 4 is 16.7 Å². The maximum absolute atomic E-state index is 6.14. The van der Waals surface area contributed by atoms with Crippen LogP contribution in [0.4, 0.5) is 5.69 Å². The zero-order valence-corrected chi connectivity index (χ0v) is 15.9. The quantitative estimate of drug-likeness (QED) is 0.708. The van der Waals surface area contributed by atoms with Crippen LogP contribution in [0.3, 0.4) is 0 Å². The van der Waals surface area contributed by atoms with Gasteiger partial charge in [0, 0.05) is 43.2 Å². The standard InChI is InChI=1S/C21H25N5O2/c22-17-8-15(9-23-10-17)7-16-12-26(20-18(16)11-24-14-25-20)21(4-5-21)13-28-19-3-1-2-6-27-19/h8-12,14,19H,1-7,13,22H2. The Labute approximate surface area is 163 Å². The molecule has 7 heteroatoms. The summed E-state index contributed by atoms with van der Waals surface area (Å²) in [6, 6.07) is 1.97.